The topological polar surface area (TPSA) is 58.7 Å². The Balaban J connectivity index is 0. The second-order valence-corrected chi connectivity index (χ2v) is 0.0894. The van der Waals surface area contributed by atoms with Gasteiger partial charge in [0.1, 0.15) is 0 Å². The summed E-state index contributed by atoms with van der Waals surface area (Å²) >= 11 is 0. The average Bonchev–Trinajstić information content (AvgIpc) is 0.918. The van der Waals surface area contributed by atoms with E-state index in [4.69, 9.17) is 11.1 Å². The minimum absolute atomic E-state index is 0. The summed E-state index contributed by atoms with van der Waals surface area (Å²) in [6, 6.07) is 0. The number of hydrogen-bond donors (Lipinski definition) is 0. The van der Waals surface area contributed by atoms with Crippen LogP contribution in [0.5, 0.6) is 0 Å². The molecular weight excluding hydrogens is 107 g/mol. The Kier molecular flexibility index (Phi) is 28.5. The molecule has 0 aromatic carbocycles. The maximum absolute atomic E-state index is 6.75. The summed E-state index contributed by atoms with van der Waals surface area (Å²) in [4.78, 5) is 1.50. The zero-order valence-electron chi connectivity index (χ0n) is 2.05. The Morgan fingerprint density at radius 2 is 1.25 bits per heavy atom. The van der Waals surface area contributed by atoms with E-state index in [9.17, 15) is 0 Å². The van der Waals surface area contributed by atoms with Crippen molar-refractivity contribution in [1.29, 1.82) is 0 Å². The molecular formula is N3Zn-. The minimum atomic E-state index is 0. The molecule has 18 valence electrons. The van der Waals surface area contributed by atoms with Crippen LogP contribution in [0.3, 0.4) is 0 Å². The zero-order chi connectivity index (χ0) is 2.71. The van der Waals surface area contributed by atoms with Crippen molar-refractivity contribution >= 4 is 0 Å². The van der Waals surface area contributed by atoms with E-state index in [0.29, 0.717) is 0 Å². The number of hydrogen-bond acceptors (Lipinski definition) is 0. The molecule has 0 unspecified atom stereocenters. The molecule has 4 heteroatoms. The predicted octanol–water partition coefficient (Wildman–Crippen LogP) is 0.864. The van der Waals surface area contributed by atoms with Crippen molar-refractivity contribution in [2.24, 2.45) is 0 Å². The Bertz CT molecular complexity index is 24.3. The fraction of sp³-hybridized carbons (Fsp3) is 0. The van der Waals surface area contributed by atoms with Gasteiger partial charge in [0, 0.05) is 19.5 Å². The van der Waals surface area contributed by atoms with Crippen molar-refractivity contribution in [2.75, 3.05) is 0 Å². The molecule has 0 amide bonds. The van der Waals surface area contributed by atoms with Crippen LogP contribution < -0.4 is 0 Å². The maximum atomic E-state index is 6.75. The molecule has 0 radical (unpaired) electrons. The van der Waals surface area contributed by atoms with Crippen molar-refractivity contribution in [2.45, 2.75) is 0 Å². The third-order valence-corrected chi connectivity index (χ3v) is 0. The molecule has 0 fully saturated rings. The van der Waals surface area contributed by atoms with Gasteiger partial charge in [-0.3, -0.25) is 4.91 Å². The summed E-state index contributed by atoms with van der Waals surface area (Å²) in [6.07, 6.45) is 0. The van der Waals surface area contributed by atoms with Crippen LogP contribution in [0.15, 0.2) is 0 Å². The quantitative estimate of drug-likeness (QED) is 0.191. The van der Waals surface area contributed by atoms with Gasteiger partial charge in [0.15, 0.2) is 0 Å². The van der Waals surface area contributed by atoms with Gasteiger partial charge in [0.2, 0.25) is 0 Å². The van der Waals surface area contributed by atoms with Gasteiger partial charge in [0.25, 0.3) is 0 Å². The molecule has 0 N–H and O–H groups in total. The van der Waals surface area contributed by atoms with Crippen molar-refractivity contribution in [3.05, 3.63) is 16.0 Å². The van der Waals surface area contributed by atoms with Gasteiger partial charge in [-0.25, -0.2) is 0 Å². The van der Waals surface area contributed by atoms with Crippen LogP contribution in [-0.4, -0.2) is 0 Å². The minimum Gasteiger partial charge on any atom is -0.373 e. The molecule has 0 heterocycles. The van der Waals surface area contributed by atoms with Gasteiger partial charge in [-0.1, -0.05) is 0 Å². The Morgan fingerprint density at radius 1 is 1.25 bits per heavy atom. The second kappa shape index (κ2) is 12.6. The molecule has 0 bridgehead atoms. The van der Waals surface area contributed by atoms with Gasteiger partial charge < -0.3 is 11.1 Å². The standard InChI is InChI=1S/N3.Zn/c1-3-2;/q-1;. The normalized spacial score (nSPS) is 2.00. The first kappa shape index (κ1) is 9.05. The van der Waals surface area contributed by atoms with Crippen molar-refractivity contribution in [3.63, 3.8) is 0 Å². The fourth-order valence-electron chi connectivity index (χ4n) is 0. The first-order chi connectivity index (χ1) is 1.41. The molecule has 3 nitrogen and oxygen atoms in total. The molecule has 0 aromatic rings. The van der Waals surface area contributed by atoms with E-state index in [-0.39, 0.29) is 19.5 Å². The van der Waals surface area contributed by atoms with Crippen LogP contribution in [0.2, 0.25) is 0 Å². The van der Waals surface area contributed by atoms with Gasteiger partial charge in [-0.15, -0.1) is 0 Å². The van der Waals surface area contributed by atoms with Crippen LogP contribution >= 0.6 is 0 Å². The van der Waals surface area contributed by atoms with E-state index >= 15 is 0 Å². The zero-order valence-corrected chi connectivity index (χ0v) is 5.02. The summed E-state index contributed by atoms with van der Waals surface area (Å²) in [5, 5.41) is 0. The monoisotopic (exact) mass is 106 g/mol. The van der Waals surface area contributed by atoms with Gasteiger partial charge in [-0.2, -0.15) is 0 Å². The maximum Gasteiger partial charge on any atom is 0 e. The Labute approximate surface area is 36.2 Å². The molecule has 4 heavy (non-hydrogen) atoms. The van der Waals surface area contributed by atoms with E-state index in [1.165, 1.54) is 4.91 Å². The third-order valence-electron chi connectivity index (χ3n) is 0. The Morgan fingerprint density at radius 3 is 1.25 bits per heavy atom. The number of rotatable bonds is 0. The van der Waals surface area contributed by atoms with Crippen LogP contribution in [0.4, 0.5) is 0 Å². The molecule has 0 spiro atoms. The molecule has 0 saturated heterocycles. The van der Waals surface area contributed by atoms with E-state index in [1.54, 1.807) is 0 Å². The molecule has 0 aliphatic carbocycles. The Hall–Kier alpha value is -0.0666. The largest absolute Gasteiger partial charge is 0.373 e. The van der Waals surface area contributed by atoms with Crippen LogP contribution in [0.1, 0.15) is 0 Å². The molecule has 0 saturated carbocycles. The summed E-state index contributed by atoms with van der Waals surface area (Å²) in [5.41, 5.74) is 13.5. The van der Waals surface area contributed by atoms with Gasteiger partial charge in [-0.05, 0) is 0 Å². The van der Waals surface area contributed by atoms with Crippen molar-refractivity contribution < 1.29 is 19.5 Å². The smallest absolute Gasteiger partial charge is 0 e. The molecule has 0 atom stereocenters. The second-order valence-electron chi connectivity index (χ2n) is 0.0894. The van der Waals surface area contributed by atoms with E-state index in [0.717, 1.165) is 0 Å². The average molecular weight is 107 g/mol. The van der Waals surface area contributed by atoms with E-state index in [1.807, 2.05) is 0 Å². The SMILES string of the molecule is [N-]=[N+]=[N-].[Zn]. The molecule has 0 rings (SSSR count). The van der Waals surface area contributed by atoms with E-state index < -0.39 is 0 Å². The van der Waals surface area contributed by atoms with Gasteiger partial charge >= 0.3 is 0 Å². The van der Waals surface area contributed by atoms with Crippen LogP contribution in [0, 0.1) is 0 Å². The molecule has 0 aromatic heterocycles. The summed E-state index contributed by atoms with van der Waals surface area (Å²) in [7, 11) is 0. The number of nitrogens with zero attached hydrogens (tertiary/aromatic N) is 3. The third kappa shape index (κ3) is 379. The first-order valence-corrected chi connectivity index (χ1v) is 0.400. The summed E-state index contributed by atoms with van der Waals surface area (Å²) in [6.45, 7) is 0. The van der Waals surface area contributed by atoms with Crippen LogP contribution in [0.25, 0.3) is 16.0 Å². The van der Waals surface area contributed by atoms with Crippen LogP contribution in [-0.2, 0) is 19.5 Å². The summed E-state index contributed by atoms with van der Waals surface area (Å²) in [5.74, 6) is 0. The predicted molar refractivity (Wildman–Crippen MR) is 10.1 cm³/mol. The first-order valence-electron chi connectivity index (χ1n) is 0.400. The molecule has 0 aliphatic rings. The van der Waals surface area contributed by atoms with E-state index in [2.05, 4.69) is 0 Å². The summed E-state index contributed by atoms with van der Waals surface area (Å²) < 4.78 is 0. The van der Waals surface area contributed by atoms with Gasteiger partial charge in [0.05, 0.1) is 0 Å². The fourth-order valence-corrected chi connectivity index (χ4v) is 0. The van der Waals surface area contributed by atoms with Crippen molar-refractivity contribution in [1.82, 2.24) is 0 Å². The molecule has 0 aliphatic heterocycles. The van der Waals surface area contributed by atoms with Crippen molar-refractivity contribution in [3.8, 4) is 0 Å².